The number of hydrogen-bond donors (Lipinski definition) is 6. The largest absolute Gasteiger partial charge is 1.00 e. The van der Waals surface area contributed by atoms with Gasteiger partial charge in [-0.3, -0.25) is 30.6 Å². The van der Waals surface area contributed by atoms with Crippen molar-refractivity contribution < 1.29 is 12.4 Å². The number of nitrogens with zero attached hydrogens (tertiary/aromatic N) is 4. The summed E-state index contributed by atoms with van der Waals surface area (Å²) in [5.41, 5.74) is 23.7. The second-order valence-electron chi connectivity index (χ2n) is 9.48. The molecule has 2 unspecified atom stereocenters. The molecule has 0 aromatic carbocycles. The number of nitrogens with one attached hydrogen (secondary N) is 2. The Balaban J connectivity index is 0. The van der Waals surface area contributed by atoms with Crippen LogP contribution in [0.4, 0.5) is 0 Å². The maximum Gasteiger partial charge on any atom is 0.195 e. The van der Waals surface area contributed by atoms with Crippen molar-refractivity contribution in [1.82, 2.24) is 10.6 Å². The highest BCUT2D eigenvalue weighted by Crippen LogP contribution is 2.13. The van der Waals surface area contributed by atoms with Crippen molar-refractivity contribution in [2.24, 2.45) is 54.7 Å². The average molecular weight is 544 g/mol. The van der Waals surface area contributed by atoms with Gasteiger partial charge in [-0.1, -0.05) is 79.1 Å². The minimum absolute atomic E-state index is 0. The molecule has 0 spiro atoms. The van der Waals surface area contributed by atoms with E-state index in [4.69, 9.17) is 22.9 Å². The molecule has 37 heavy (non-hydrogen) atoms. The zero-order valence-electron chi connectivity index (χ0n) is 23.9. The molecule has 2 atom stereocenters. The van der Waals surface area contributed by atoms with Gasteiger partial charge >= 0.3 is 0 Å². The van der Waals surface area contributed by atoms with E-state index in [9.17, 15) is 0 Å². The fourth-order valence-electron chi connectivity index (χ4n) is 3.69. The lowest BCUT2D eigenvalue weighted by Gasteiger charge is -2.12. The van der Waals surface area contributed by atoms with Crippen molar-refractivity contribution in [2.75, 3.05) is 26.2 Å². The van der Waals surface area contributed by atoms with Crippen molar-refractivity contribution >= 4 is 23.8 Å². The van der Waals surface area contributed by atoms with Crippen molar-refractivity contribution in [3.05, 3.63) is 0 Å². The van der Waals surface area contributed by atoms with E-state index >= 15 is 0 Å². The standard InChI is InChI=1S/C26H56N10.ClH/c1-5-9-15-21(7-3)19-33-25(29)35-23(27)31-17-13-11-12-14-18-32-24(28)36-26(30)34-20-22(8-4)16-10-6-2;/h21-22H,5-20H2,1-4H3,(H5,27,29,31,33,35)(H5,28,30,32,34,36);1H/p-1. The maximum atomic E-state index is 5.93. The number of nitrogens with two attached hydrogens (primary N) is 4. The summed E-state index contributed by atoms with van der Waals surface area (Å²) in [4.78, 5) is 17.5. The number of hydrogen-bond acceptors (Lipinski definition) is 4. The van der Waals surface area contributed by atoms with Gasteiger partial charge in [-0.2, -0.15) is 0 Å². The van der Waals surface area contributed by atoms with Crippen molar-refractivity contribution in [2.45, 2.75) is 105 Å². The van der Waals surface area contributed by atoms with E-state index in [1.165, 1.54) is 38.5 Å². The van der Waals surface area contributed by atoms with Crippen LogP contribution in [0.2, 0.25) is 0 Å². The summed E-state index contributed by atoms with van der Waals surface area (Å²) in [6.45, 7) is 11.5. The first kappa shape index (κ1) is 36.9. The van der Waals surface area contributed by atoms with Crippen molar-refractivity contribution in [1.29, 1.82) is 0 Å². The van der Waals surface area contributed by atoms with Crippen LogP contribution in [0.15, 0.2) is 20.0 Å². The molecule has 0 saturated heterocycles. The normalized spacial score (nSPS) is 14.7. The molecular weight excluding hydrogens is 488 g/mol. The Hall–Kier alpha value is -2.23. The molecule has 0 radical (unpaired) electrons. The summed E-state index contributed by atoms with van der Waals surface area (Å²) in [6, 6.07) is 0. The highest BCUT2D eigenvalue weighted by atomic mass is 35.5. The van der Waals surface area contributed by atoms with E-state index < -0.39 is 0 Å². The SMILES string of the molecule is CCCCC(CC)CN=C(N)NC(N)=NCCCCCCN=C(N)NC(N)=NCC(CC)CCCC.[Cl-]. The zero-order valence-corrected chi connectivity index (χ0v) is 24.7. The summed E-state index contributed by atoms with van der Waals surface area (Å²) in [5, 5.41) is 5.76. The molecule has 0 aromatic heterocycles. The Morgan fingerprint density at radius 2 is 0.892 bits per heavy atom. The number of halogens is 1. The third kappa shape index (κ3) is 22.7. The minimum atomic E-state index is 0. The van der Waals surface area contributed by atoms with Crippen LogP contribution in [-0.4, -0.2) is 50.0 Å². The van der Waals surface area contributed by atoms with Crippen LogP contribution in [0, 0.1) is 11.8 Å². The molecule has 0 rings (SSSR count). The first-order valence-electron chi connectivity index (χ1n) is 14.1. The lowest BCUT2D eigenvalue weighted by Crippen LogP contribution is -3.00. The molecular formula is C26H56ClN10-. The number of guanidine groups is 4. The average Bonchev–Trinajstić information content (AvgIpc) is 2.85. The number of aliphatic imine (C=N–C) groups is 4. The van der Waals surface area contributed by atoms with Crippen LogP contribution in [0.5, 0.6) is 0 Å². The van der Waals surface area contributed by atoms with Gasteiger partial charge < -0.3 is 35.3 Å². The van der Waals surface area contributed by atoms with E-state index in [-0.39, 0.29) is 12.4 Å². The molecule has 0 aromatic rings. The zero-order chi connectivity index (χ0) is 27.0. The smallest absolute Gasteiger partial charge is 0.195 e. The monoisotopic (exact) mass is 543 g/mol. The van der Waals surface area contributed by atoms with Gasteiger partial charge in [0.15, 0.2) is 23.8 Å². The molecule has 0 bridgehead atoms. The first-order valence-corrected chi connectivity index (χ1v) is 14.1. The predicted molar refractivity (Wildman–Crippen MR) is 157 cm³/mol. The van der Waals surface area contributed by atoms with Crippen LogP contribution < -0.4 is 46.0 Å². The molecule has 0 amide bonds. The summed E-state index contributed by atoms with van der Waals surface area (Å²) in [7, 11) is 0. The Morgan fingerprint density at radius 3 is 1.22 bits per heavy atom. The van der Waals surface area contributed by atoms with Crippen LogP contribution in [0.25, 0.3) is 0 Å². The van der Waals surface area contributed by atoms with Crippen molar-refractivity contribution in [3.8, 4) is 0 Å². The molecule has 0 aliphatic heterocycles. The number of unbranched alkanes of at least 4 members (excludes halogenated alkanes) is 5. The Labute approximate surface area is 232 Å². The molecule has 10 nitrogen and oxygen atoms in total. The third-order valence-electron chi connectivity index (χ3n) is 6.27. The molecule has 10 N–H and O–H groups in total. The molecule has 0 aliphatic carbocycles. The van der Waals surface area contributed by atoms with E-state index in [1.807, 2.05) is 0 Å². The second-order valence-corrected chi connectivity index (χ2v) is 9.48. The Kier molecular flexibility index (Phi) is 25.4. The summed E-state index contributed by atoms with van der Waals surface area (Å²) >= 11 is 0. The molecule has 11 heteroatoms. The highest BCUT2D eigenvalue weighted by molar-refractivity contribution is 5.97. The lowest BCUT2D eigenvalue weighted by atomic mass is 10.00. The summed E-state index contributed by atoms with van der Waals surface area (Å²) < 4.78 is 0. The maximum absolute atomic E-state index is 5.93. The first-order chi connectivity index (χ1) is 17.4. The molecule has 0 fully saturated rings. The van der Waals surface area contributed by atoms with E-state index in [2.05, 4.69) is 58.3 Å². The highest BCUT2D eigenvalue weighted by Gasteiger charge is 2.06. The minimum Gasteiger partial charge on any atom is -1.00 e. The van der Waals surface area contributed by atoms with Gasteiger partial charge in [0.25, 0.3) is 0 Å². The molecule has 0 aliphatic rings. The summed E-state index contributed by atoms with van der Waals surface area (Å²) in [6.07, 6.45) is 13.4. The van der Waals surface area contributed by atoms with E-state index in [0.29, 0.717) is 48.8 Å². The van der Waals surface area contributed by atoms with Gasteiger partial charge in [0.2, 0.25) is 0 Å². The van der Waals surface area contributed by atoms with Crippen LogP contribution in [0.3, 0.4) is 0 Å². The van der Waals surface area contributed by atoms with Crippen molar-refractivity contribution in [3.63, 3.8) is 0 Å². The fraction of sp³-hybridized carbons (Fsp3) is 0.846. The van der Waals surface area contributed by atoms with Gasteiger partial charge in [-0.25, -0.2) is 0 Å². The second kappa shape index (κ2) is 25.4. The molecule has 218 valence electrons. The van der Waals surface area contributed by atoms with Crippen LogP contribution in [-0.2, 0) is 0 Å². The lowest BCUT2D eigenvalue weighted by molar-refractivity contribution is -0.00000893. The van der Waals surface area contributed by atoms with E-state index in [0.717, 1.165) is 51.6 Å². The summed E-state index contributed by atoms with van der Waals surface area (Å²) in [5.74, 6) is 2.44. The predicted octanol–water partition coefficient (Wildman–Crippen LogP) is 0.422. The van der Waals surface area contributed by atoms with Gasteiger partial charge in [-0.05, 0) is 37.5 Å². The Bertz CT molecular complexity index is 608. The van der Waals surface area contributed by atoms with Gasteiger partial charge in [-0.15, -0.1) is 0 Å². The molecule has 0 saturated carbocycles. The van der Waals surface area contributed by atoms with E-state index in [1.54, 1.807) is 0 Å². The van der Waals surface area contributed by atoms with Crippen LogP contribution in [0.1, 0.15) is 105 Å². The molecule has 0 heterocycles. The number of rotatable bonds is 19. The fourth-order valence-corrected chi connectivity index (χ4v) is 3.69. The van der Waals surface area contributed by atoms with Gasteiger partial charge in [0, 0.05) is 26.2 Å². The van der Waals surface area contributed by atoms with Gasteiger partial charge in [0.1, 0.15) is 0 Å². The topological polar surface area (TPSA) is 178 Å². The quantitative estimate of drug-likeness (QED) is 0.0780. The van der Waals surface area contributed by atoms with Crippen LogP contribution >= 0.6 is 0 Å². The van der Waals surface area contributed by atoms with Gasteiger partial charge in [0.05, 0.1) is 0 Å². The third-order valence-corrected chi connectivity index (χ3v) is 6.27. The Morgan fingerprint density at radius 1 is 0.541 bits per heavy atom.